The van der Waals surface area contributed by atoms with Gasteiger partial charge in [-0.25, -0.2) is 9.78 Å². The van der Waals surface area contributed by atoms with Crippen LogP contribution >= 0.6 is 0 Å². The number of carbonyl (C=O) groups excluding carboxylic acids is 2. The summed E-state index contributed by atoms with van der Waals surface area (Å²) in [5.41, 5.74) is 11.6. The molecular formula is C13H20N4O3. The fourth-order valence-corrected chi connectivity index (χ4v) is 1.79. The second-order valence-electron chi connectivity index (χ2n) is 4.84. The lowest BCUT2D eigenvalue weighted by Crippen LogP contribution is -2.37. The van der Waals surface area contributed by atoms with Crippen molar-refractivity contribution in [2.24, 2.45) is 11.7 Å². The van der Waals surface area contributed by atoms with Gasteiger partial charge in [-0.15, -0.1) is 0 Å². The fraction of sp³-hybridized carbons (Fsp3) is 0.462. The number of aromatic nitrogens is 1. The minimum Gasteiger partial charge on any atom is -0.464 e. The van der Waals surface area contributed by atoms with Gasteiger partial charge in [0.25, 0.3) is 0 Å². The van der Waals surface area contributed by atoms with Crippen LogP contribution < -0.4 is 16.4 Å². The number of ether oxygens (including phenoxy) is 1. The molecule has 7 nitrogen and oxygen atoms in total. The van der Waals surface area contributed by atoms with E-state index in [-0.39, 0.29) is 18.2 Å². The Morgan fingerprint density at radius 3 is 2.55 bits per heavy atom. The molecule has 0 fully saturated rings. The van der Waals surface area contributed by atoms with Gasteiger partial charge in [0, 0.05) is 6.54 Å². The van der Waals surface area contributed by atoms with Crippen LogP contribution in [-0.2, 0) is 9.53 Å². The molecule has 1 rings (SSSR count). The van der Waals surface area contributed by atoms with E-state index in [1.165, 1.54) is 13.2 Å². The van der Waals surface area contributed by atoms with E-state index in [0.29, 0.717) is 18.1 Å². The summed E-state index contributed by atoms with van der Waals surface area (Å²) in [6.07, 6.45) is 0. The van der Waals surface area contributed by atoms with Crippen LogP contribution in [0.15, 0.2) is 12.1 Å². The molecule has 20 heavy (non-hydrogen) atoms. The summed E-state index contributed by atoms with van der Waals surface area (Å²) in [4.78, 5) is 28.5. The molecule has 0 radical (unpaired) electrons. The molecule has 1 amide bonds. The molecule has 0 unspecified atom stereocenters. The molecule has 0 aliphatic carbocycles. The SMILES string of the molecule is COC(=O)c1ccc(N)c(N(CC(N)=O)CC(C)C)n1. The van der Waals surface area contributed by atoms with Crippen LogP contribution in [0, 0.1) is 5.92 Å². The highest BCUT2D eigenvalue weighted by atomic mass is 16.5. The highest BCUT2D eigenvalue weighted by Crippen LogP contribution is 2.22. The van der Waals surface area contributed by atoms with E-state index >= 15 is 0 Å². The summed E-state index contributed by atoms with van der Waals surface area (Å²) in [6, 6.07) is 3.03. The third kappa shape index (κ3) is 4.11. The predicted octanol–water partition coefficient (Wildman–Crippen LogP) is 0.398. The minimum absolute atomic E-state index is 0.0139. The van der Waals surface area contributed by atoms with Crippen molar-refractivity contribution >= 4 is 23.4 Å². The molecule has 0 aliphatic rings. The molecule has 1 aromatic heterocycles. The Morgan fingerprint density at radius 1 is 1.40 bits per heavy atom. The molecule has 1 heterocycles. The largest absolute Gasteiger partial charge is 0.464 e. The van der Waals surface area contributed by atoms with E-state index in [1.807, 2.05) is 13.8 Å². The highest BCUT2D eigenvalue weighted by molar-refractivity contribution is 5.89. The van der Waals surface area contributed by atoms with Crippen molar-refractivity contribution in [3.63, 3.8) is 0 Å². The average Bonchev–Trinajstić information content (AvgIpc) is 2.36. The summed E-state index contributed by atoms with van der Waals surface area (Å²) >= 11 is 0. The number of rotatable bonds is 6. The maximum atomic E-state index is 11.5. The van der Waals surface area contributed by atoms with Gasteiger partial charge in [-0.1, -0.05) is 13.8 Å². The molecule has 0 saturated carbocycles. The molecule has 0 aromatic carbocycles. The number of carbonyl (C=O) groups is 2. The van der Waals surface area contributed by atoms with Crippen LogP contribution in [0.2, 0.25) is 0 Å². The van der Waals surface area contributed by atoms with Crippen LogP contribution in [0.25, 0.3) is 0 Å². The Hall–Kier alpha value is -2.31. The van der Waals surface area contributed by atoms with Crippen LogP contribution in [-0.4, -0.2) is 37.1 Å². The van der Waals surface area contributed by atoms with Crippen molar-refractivity contribution in [2.45, 2.75) is 13.8 Å². The molecule has 0 spiro atoms. The number of nitrogens with zero attached hydrogens (tertiary/aromatic N) is 2. The molecule has 1 aromatic rings. The Balaban J connectivity index is 3.16. The van der Waals surface area contributed by atoms with Gasteiger partial charge < -0.3 is 21.1 Å². The Bertz CT molecular complexity index is 502. The maximum Gasteiger partial charge on any atom is 0.356 e. The number of anilines is 2. The number of methoxy groups -OCH3 is 1. The lowest BCUT2D eigenvalue weighted by molar-refractivity contribution is -0.116. The first kappa shape index (κ1) is 15.7. The monoisotopic (exact) mass is 280 g/mol. The predicted molar refractivity (Wildman–Crippen MR) is 76.2 cm³/mol. The van der Waals surface area contributed by atoms with Gasteiger partial charge >= 0.3 is 5.97 Å². The second-order valence-corrected chi connectivity index (χ2v) is 4.84. The topological polar surface area (TPSA) is 112 Å². The van der Waals surface area contributed by atoms with Crippen molar-refractivity contribution < 1.29 is 14.3 Å². The Morgan fingerprint density at radius 2 is 2.05 bits per heavy atom. The van der Waals surface area contributed by atoms with Crippen LogP contribution in [0.3, 0.4) is 0 Å². The number of hydrogen-bond donors (Lipinski definition) is 2. The lowest BCUT2D eigenvalue weighted by atomic mass is 10.2. The molecular weight excluding hydrogens is 260 g/mol. The van der Waals surface area contributed by atoms with Crippen LogP contribution in [0.1, 0.15) is 24.3 Å². The van der Waals surface area contributed by atoms with Gasteiger partial charge in [0.15, 0.2) is 11.5 Å². The fourth-order valence-electron chi connectivity index (χ4n) is 1.79. The van der Waals surface area contributed by atoms with Crippen LogP contribution in [0.5, 0.6) is 0 Å². The van der Waals surface area contributed by atoms with Crippen molar-refractivity contribution in [2.75, 3.05) is 30.8 Å². The van der Waals surface area contributed by atoms with Crippen molar-refractivity contribution in [3.05, 3.63) is 17.8 Å². The van der Waals surface area contributed by atoms with E-state index in [1.54, 1.807) is 11.0 Å². The van der Waals surface area contributed by atoms with Crippen molar-refractivity contribution in [1.29, 1.82) is 0 Å². The van der Waals surface area contributed by atoms with Crippen molar-refractivity contribution in [1.82, 2.24) is 4.98 Å². The second kappa shape index (κ2) is 6.74. The zero-order valence-corrected chi connectivity index (χ0v) is 11.9. The first-order valence-corrected chi connectivity index (χ1v) is 6.23. The number of hydrogen-bond acceptors (Lipinski definition) is 6. The first-order chi connectivity index (χ1) is 9.35. The number of primary amides is 1. The summed E-state index contributed by atoms with van der Waals surface area (Å²) in [5.74, 6) is -0.414. The van der Waals surface area contributed by atoms with Gasteiger partial charge in [-0.05, 0) is 18.1 Å². The van der Waals surface area contributed by atoms with Gasteiger partial charge in [-0.3, -0.25) is 4.79 Å². The lowest BCUT2D eigenvalue weighted by Gasteiger charge is -2.25. The highest BCUT2D eigenvalue weighted by Gasteiger charge is 2.18. The zero-order chi connectivity index (χ0) is 15.3. The van der Waals surface area contributed by atoms with E-state index in [0.717, 1.165) is 0 Å². The summed E-state index contributed by atoms with van der Waals surface area (Å²) in [5, 5.41) is 0. The van der Waals surface area contributed by atoms with Gasteiger partial charge in [0.1, 0.15) is 0 Å². The standard InChI is InChI=1S/C13H20N4O3/c1-8(2)6-17(7-11(15)18)12-9(14)4-5-10(16-12)13(19)20-3/h4-5,8H,6-7,14H2,1-3H3,(H2,15,18). The number of nitrogen functional groups attached to an aromatic ring is 1. The molecule has 7 heteroatoms. The Kier molecular flexibility index (Phi) is 5.31. The molecule has 0 saturated heterocycles. The smallest absolute Gasteiger partial charge is 0.356 e. The average molecular weight is 280 g/mol. The third-order valence-electron chi connectivity index (χ3n) is 2.53. The normalized spacial score (nSPS) is 10.4. The van der Waals surface area contributed by atoms with Gasteiger partial charge in [0.05, 0.1) is 19.3 Å². The minimum atomic E-state index is -0.560. The maximum absolute atomic E-state index is 11.5. The van der Waals surface area contributed by atoms with Crippen molar-refractivity contribution in [3.8, 4) is 0 Å². The van der Waals surface area contributed by atoms with Gasteiger partial charge in [-0.2, -0.15) is 0 Å². The molecule has 0 atom stereocenters. The summed E-state index contributed by atoms with van der Waals surface area (Å²) in [6.45, 7) is 4.52. The molecule has 4 N–H and O–H groups in total. The zero-order valence-electron chi connectivity index (χ0n) is 11.9. The quantitative estimate of drug-likeness (QED) is 0.729. The Labute approximate surface area is 117 Å². The van der Waals surface area contributed by atoms with Crippen LogP contribution in [0.4, 0.5) is 11.5 Å². The van der Waals surface area contributed by atoms with Gasteiger partial charge in [0.2, 0.25) is 5.91 Å². The first-order valence-electron chi connectivity index (χ1n) is 6.23. The molecule has 110 valence electrons. The summed E-state index contributed by atoms with van der Waals surface area (Å²) < 4.78 is 4.62. The molecule has 0 aliphatic heterocycles. The van der Waals surface area contributed by atoms with E-state index < -0.39 is 11.9 Å². The number of nitrogens with two attached hydrogens (primary N) is 2. The summed E-state index contributed by atoms with van der Waals surface area (Å²) in [7, 11) is 1.27. The number of pyridine rings is 1. The molecule has 0 bridgehead atoms. The number of amides is 1. The van der Waals surface area contributed by atoms with E-state index in [9.17, 15) is 9.59 Å². The van der Waals surface area contributed by atoms with E-state index in [2.05, 4.69) is 9.72 Å². The third-order valence-corrected chi connectivity index (χ3v) is 2.53. The number of esters is 1. The van der Waals surface area contributed by atoms with E-state index in [4.69, 9.17) is 11.5 Å².